The predicted octanol–water partition coefficient (Wildman–Crippen LogP) is 2.73. The fourth-order valence-corrected chi connectivity index (χ4v) is 7.87. The Morgan fingerprint density at radius 1 is 0.507 bits per heavy atom. The summed E-state index contributed by atoms with van der Waals surface area (Å²) in [6, 6.07) is 44.8. The number of benzene rings is 5. The first-order valence-corrected chi connectivity index (χ1v) is 26.1. The highest BCUT2D eigenvalue weighted by molar-refractivity contribution is 5.36. The van der Waals surface area contributed by atoms with Gasteiger partial charge in [0.05, 0.1) is 70.0 Å². The Labute approximate surface area is 448 Å². The summed E-state index contributed by atoms with van der Waals surface area (Å²) in [6.07, 6.45) is 5.48. The largest absolute Gasteiger partial charge is 0.395 e. The van der Waals surface area contributed by atoms with Crippen LogP contribution in [0.5, 0.6) is 0 Å². The van der Waals surface area contributed by atoms with Crippen molar-refractivity contribution >= 4 is 0 Å². The second kappa shape index (κ2) is 40.7. The summed E-state index contributed by atoms with van der Waals surface area (Å²) in [5.41, 5.74) is 46.5. The van der Waals surface area contributed by atoms with Gasteiger partial charge in [0.1, 0.15) is 0 Å². The summed E-state index contributed by atoms with van der Waals surface area (Å²) in [5.74, 6) is 0.595. The molecule has 16 heteroatoms. The van der Waals surface area contributed by atoms with Gasteiger partial charge in [0.15, 0.2) is 0 Å². The average Bonchev–Trinajstić information content (AvgIpc) is 4.09. The van der Waals surface area contributed by atoms with E-state index in [1.54, 1.807) is 6.92 Å². The van der Waals surface area contributed by atoms with Crippen molar-refractivity contribution in [2.75, 3.05) is 53.2 Å². The number of hydrogen-bond donors (Lipinski definition) is 15. The first kappa shape index (κ1) is 68.5. The minimum atomic E-state index is -0.382. The first-order chi connectivity index (χ1) is 35.8. The smallest absolute Gasteiger partial charge is 0.0773 e. The van der Waals surface area contributed by atoms with Gasteiger partial charge < -0.3 is 85.9 Å². The minimum absolute atomic E-state index is 0.00398. The van der Waals surface area contributed by atoms with Crippen molar-refractivity contribution in [3.8, 4) is 0 Å². The predicted molar refractivity (Wildman–Crippen MR) is 305 cm³/mol. The number of nitrogens with two attached hydrogens (primary N) is 7. The van der Waals surface area contributed by atoms with Crippen LogP contribution in [0.4, 0.5) is 0 Å². The number of fused-ring (bicyclic) bond motifs is 2. The molecule has 0 spiro atoms. The lowest BCUT2D eigenvalue weighted by molar-refractivity contribution is 0.158. The number of aliphatic hydroxyl groups excluding tert-OH is 8. The van der Waals surface area contributed by atoms with E-state index >= 15 is 0 Å². The van der Waals surface area contributed by atoms with Crippen molar-refractivity contribution in [1.82, 2.24) is 4.90 Å². The molecule has 0 radical (unpaired) electrons. The number of likely N-dealkylation sites (N-methyl/N-ethyl adjacent to an activating group) is 1. The molecule has 22 N–H and O–H groups in total. The topological polar surface area (TPSA) is 347 Å². The van der Waals surface area contributed by atoms with Crippen molar-refractivity contribution in [2.45, 2.75) is 126 Å². The Kier molecular flexibility index (Phi) is 37.1. The van der Waals surface area contributed by atoms with Crippen LogP contribution in [-0.4, -0.2) is 141 Å². The van der Waals surface area contributed by atoms with Crippen LogP contribution < -0.4 is 40.1 Å². The molecule has 0 amide bonds. The number of aliphatic hydroxyl groups is 8. The van der Waals surface area contributed by atoms with E-state index in [1.807, 2.05) is 140 Å². The fourth-order valence-electron chi connectivity index (χ4n) is 7.87. The summed E-state index contributed by atoms with van der Waals surface area (Å²) in [4.78, 5) is 2.21. The Morgan fingerprint density at radius 2 is 0.880 bits per heavy atom. The lowest BCUT2D eigenvalue weighted by Crippen LogP contribution is -2.27. The van der Waals surface area contributed by atoms with Gasteiger partial charge in [0, 0.05) is 43.1 Å². The molecule has 8 rings (SSSR count). The maximum Gasteiger partial charge on any atom is 0.0773 e. The third-order valence-corrected chi connectivity index (χ3v) is 12.3. The summed E-state index contributed by atoms with van der Waals surface area (Å²) in [5, 5.41) is 70.0. The molecular formula is C59H96N8O8. The summed E-state index contributed by atoms with van der Waals surface area (Å²) < 4.78 is 0. The van der Waals surface area contributed by atoms with Crippen LogP contribution in [0, 0.1) is 5.92 Å². The second-order valence-electron chi connectivity index (χ2n) is 19.6. The third kappa shape index (κ3) is 29.5. The van der Waals surface area contributed by atoms with Gasteiger partial charge in [-0.2, -0.15) is 0 Å². The van der Waals surface area contributed by atoms with Crippen LogP contribution in [0.3, 0.4) is 0 Å². The van der Waals surface area contributed by atoms with Gasteiger partial charge in [0.2, 0.25) is 0 Å². The first-order valence-electron chi connectivity index (χ1n) is 26.1. The van der Waals surface area contributed by atoms with E-state index in [0.29, 0.717) is 31.4 Å². The number of rotatable bonds is 13. The Bertz CT molecular complexity index is 2010. The van der Waals surface area contributed by atoms with E-state index in [2.05, 4.69) is 25.8 Å². The zero-order chi connectivity index (χ0) is 56.1. The molecule has 0 bridgehead atoms. The average molecular weight is 1050 g/mol. The van der Waals surface area contributed by atoms with Gasteiger partial charge in [0.25, 0.3) is 0 Å². The monoisotopic (exact) mass is 1040 g/mol. The van der Waals surface area contributed by atoms with Crippen molar-refractivity contribution in [3.05, 3.63) is 178 Å². The normalized spacial score (nSPS) is 19.8. The Morgan fingerprint density at radius 3 is 1.16 bits per heavy atom. The molecule has 1 heterocycles. The molecule has 1 aliphatic heterocycles. The highest BCUT2D eigenvalue weighted by Gasteiger charge is 2.28. The quantitative estimate of drug-likeness (QED) is 0.0806. The zero-order valence-electron chi connectivity index (χ0n) is 45.1. The molecule has 3 aliphatic rings. The van der Waals surface area contributed by atoms with Crippen LogP contribution >= 0.6 is 0 Å². The van der Waals surface area contributed by atoms with Crippen LogP contribution in [-0.2, 0) is 25.7 Å². The number of hydrogen-bond acceptors (Lipinski definition) is 16. The van der Waals surface area contributed by atoms with Crippen molar-refractivity contribution in [1.29, 1.82) is 0 Å². The second-order valence-corrected chi connectivity index (χ2v) is 19.6. The third-order valence-electron chi connectivity index (χ3n) is 12.3. The van der Waals surface area contributed by atoms with Crippen LogP contribution in [0.15, 0.2) is 140 Å². The SMILES string of the molecule is CC(C)C[C@H](N)CO.CN1CCC[C@H]1CO.C[C@H](N)CO.N[C@@H](CO)Cc1ccccc1.N[C@@H](CO)c1ccccc1.N[C@@H]1c2ccccc2C[C@@H]1O.N[C@H](CO)Cc1ccccc1.N[C@H]1c2ccccc2C[C@H]1O. The molecule has 5 aromatic rings. The van der Waals surface area contributed by atoms with Crippen LogP contribution in [0.1, 0.15) is 97.1 Å². The number of nitrogens with zero attached hydrogens (tertiary/aromatic N) is 1. The lowest BCUT2D eigenvalue weighted by atomic mass is 10.1. The van der Waals surface area contributed by atoms with Gasteiger partial charge in [-0.25, -0.2) is 0 Å². The van der Waals surface area contributed by atoms with E-state index in [9.17, 15) is 10.2 Å². The highest BCUT2D eigenvalue weighted by atomic mass is 16.3. The molecule has 1 saturated heterocycles. The number of likely N-dealkylation sites (tertiary alicyclic amines) is 1. The molecule has 5 aromatic carbocycles. The molecule has 10 atom stereocenters. The molecule has 1 fully saturated rings. The molecule has 75 heavy (non-hydrogen) atoms. The molecule has 16 nitrogen and oxygen atoms in total. The van der Waals surface area contributed by atoms with E-state index < -0.39 is 0 Å². The molecular weight excluding hydrogens is 949 g/mol. The maximum atomic E-state index is 9.39. The standard InChI is InChI=1S/2C9H11NO.2C9H13NO.C8H11NO.C6H13NO.C6H15NO.C3H9NO/c2*10-9-7-4-2-1-3-6(7)5-8(9)11;2*10-9(7-11)6-8-4-2-1-3-5-8;9-8(6-10)7-4-2-1-3-5-7;1-7-4-2-3-6(7)5-8;1-5(2)3-6(7)4-8;1-3(4)2-5/h2*1-4,8-9,11H,5,10H2;2*1-5,9,11H,6-7,10H2;1-5,8,10H,6,9H2;6,8H,2-5H2,1H3;5-6,8H,3-4,7H2,1-2H3;3,5H,2,4H2,1H3/t2*8-,9+;2*9-;8-;2*6-;3-/m10100000/s1. The molecule has 420 valence electrons. The zero-order valence-corrected chi connectivity index (χ0v) is 45.1. The Balaban J connectivity index is 0.000000433. The summed E-state index contributed by atoms with van der Waals surface area (Å²) in [7, 11) is 2.06. The van der Waals surface area contributed by atoms with Gasteiger partial charge in [-0.3, -0.25) is 0 Å². The van der Waals surface area contributed by atoms with Gasteiger partial charge >= 0.3 is 0 Å². The van der Waals surface area contributed by atoms with Gasteiger partial charge in [-0.15, -0.1) is 0 Å². The molecule has 0 unspecified atom stereocenters. The molecule has 0 aromatic heterocycles. The van der Waals surface area contributed by atoms with E-state index in [0.717, 1.165) is 42.5 Å². The van der Waals surface area contributed by atoms with Gasteiger partial charge in [-0.1, -0.05) is 153 Å². The fraction of sp³-hybridized carbons (Fsp3) is 0.492. The lowest BCUT2D eigenvalue weighted by Gasteiger charge is -2.15. The minimum Gasteiger partial charge on any atom is -0.395 e. The molecule has 0 saturated carbocycles. The summed E-state index contributed by atoms with van der Waals surface area (Å²) >= 11 is 0. The molecule has 2 aliphatic carbocycles. The van der Waals surface area contributed by atoms with Crippen molar-refractivity contribution in [3.63, 3.8) is 0 Å². The Hall–Kier alpha value is -4.54. The van der Waals surface area contributed by atoms with Crippen molar-refractivity contribution in [2.24, 2.45) is 46.1 Å². The van der Waals surface area contributed by atoms with Gasteiger partial charge in [-0.05, 0) is 97.5 Å². The van der Waals surface area contributed by atoms with E-state index in [-0.39, 0.29) is 87.5 Å². The summed E-state index contributed by atoms with van der Waals surface area (Å²) in [6.45, 7) is 7.72. The van der Waals surface area contributed by atoms with E-state index in [1.165, 1.54) is 35.1 Å². The maximum absolute atomic E-state index is 9.39. The van der Waals surface area contributed by atoms with Crippen LogP contribution in [0.25, 0.3) is 0 Å². The highest BCUT2D eigenvalue weighted by Crippen LogP contribution is 2.29. The van der Waals surface area contributed by atoms with Crippen molar-refractivity contribution < 1.29 is 40.9 Å². The van der Waals surface area contributed by atoms with Crippen LogP contribution in [0.2, 0.25) is 0 Å². The van der Waals surface area contributed by atoms with E-state index in [4.69, 9.17) is 70.8 Å².